The van der Waals surface area contributed by atoms with Crippen molar-refractivity contribution in [2.45, 2.75) is 32.1 Å². The smallest absolute Gasteiger partial charge is 0.322 e. The number of anilines is 1. The molecule has 3 rings (SSSR count). The van der Waals surface area contributed by atoms with Crippen molar-refractivity contribution in [1.82, 2.24) is 9.97 Å². The van der Waals surface area contributed by atoms with Gasteiger partial charge < -0.3 is 10.4 Å². The monoisotopic (exact) mass is 277 g/mol. The highest BCUT2D eigenvalue weighted by Crippen LogP contribution is 2.37. The normalized spacial score (nSPS) is 14.9. The number of rotatable bonds is 3. The molecule has 2 heterocycles. The molecule has 0 aromatic carbocycles. The van der Waals surface area contributed by atoms with Crippen LogP contribution in [0.3, 0.4) is 0 Å². The van der Waals surface area contributed by atoms with Crippen LogP contribution in [0.15, 0.2) is 6.33 Å². The average Bonchev–Trinajstić information content (AvgIpc) is 2.59. The summed E-state index contributed by atoms with van der Waals surface area (Å²) < 4.78 is 0. The maximum absolute atomic E-state index is 10.7. The summed E-state index contributed by atoms with van der Waals surface area (Å²) in [5, 5.41) is 12.7. The number of aryl methyl sites for hydroxylation is 2. The Hall–Kier alpha value is -1.69. The lowest BCUT2D eigenvalue weighted by Gasteiger charge is -2.06. The van der Waals surface area contributed by atoms with E-state index in [9.17, 15) is 4.79 Å². The Labute approximate surface area is 114 Å². The summed E-state index contributed by atoms with van der Waals surface area (Å²) in [6.07, 6.45) is 7.33. The van der Waals surface area contributed by atoms with Crippen molar-refractivity contribution in [2.75, 3.05) is 11.9 Å². The predicted molar refractivity (Wildman–Crippen MR) is 74.8 cm³/mol. The minimum Gasteiger partial charge on any atom is -0.480 e. The second-order valence-corrected chi connectivity index (χ2v) is 5.80. The molecule has 0 amide bonds. The maximum Gasteiger partial charge on any atom is 0.322 e. The van der Waals surface area contributed by atoms with E-state index in [1.807, 2.05) is 0 Å². The molecule has 6 heteroatoms. The van der Waals surface area contributed by atoms with Gasteiger partial charge >= 0.3 is 5.97 Å². The molecule has 100 valence electrons. The van der Waals surface area contributed by atoms with Crippen LogP contribution >= 0.6 is 11.3 Å². The molecule has 19 heavy (non-hydrogen) atoms. The standard InChI is InChI=1S/C13H15N3O2S/c17-10(18)6-14-12-11-8-4-2-1-3-5-9(8)19-13(11)16-7-15-12/h7H,1-6H2,(H,17,18)(H,14,15,16). The van der Waals surface area contributed by atoms with Gasteiger partial charge in [0.25, 0.3) is 0 Å². The molecule has 0 atom stereocenters. The van der Waals surface area contributed by atoms with Crippen LogP contribution in [0, 0.1) is 0 Å². The lowest BCUT2D eigenvalue weighted by atomic mass is 10.1. The van der Waals surface area contributed by atoms with Crippen LogP contribution in [0.4, 0.5) is 5.82 Å². The molecule has 0 fully saturated rings. The Morgan fingerprint density at radius 3 is 3.00 bits per heavy atom. The number of nitrogens with one attached hydrogen (secondary N) is 1. The second-order valence-electron chi connectivity index (χ2n) is 4.71. The van der Waals surface area contributed by atoms with Crippen molar-refractivity contribution in [3.8, 4) is 0 Å². The molecule has 5 nitrogen and oxygen atoms in total. The number of carbonyl (C=O) groups is 1. The number of hydrogen-bond donors (Lipinski definition) is 2. The molecule has 0 unspecified atom stereocenters. The fourth-order valence-corrected chi connectivity index (χ4v) is 3.79. The van der Waals surface area contributed by atoms with E-state index >= 15 is 0 Å². The van der Waals surface area contributed by atoms with Crippen LogP contribution in [0.2, 0.25) is 0 Å². The summed E-state index contributed by atoms with van der Waals surface area (Å²) in [5.41, 5.74) is 1.32. The third-order valence-corrected chi connectivity index (χ3v) is 4.61. The Kier molecular flexibility index (Phi) is 3.33. The van der Waals surface area contributed by atoms with Gasteiger partial charge in [-0.15, -0.1) is 11.3 Å². The number of hydrogen-bond acceptors (Lipinski definition) is 5. The third-order valence-electron chi connectivity index (χ3n) is 3.41. The predicted octanol–water partition coefficient (Wildman–Crippen LogP) is 2.46. The first-order valence-electron chi connectivity index (χ1n) is 6.46. The first-order valence-corrected chi connectivity index (χ1v) is 7.28. The summed E-state index contributed by atoms with van der Waals surface area (Å²) in [4.78, 5) is 21.6. The lowest BCUT2D eigenvalue weighted by Crippen LogP contribution is -2.13. The summed E-state index contributed by atoms with van der Waals surface area (Å²) >= 11 is 1.72. The van der Waals surface area contributed by atoms with Crippen molar-refractivity contribution in [2.24, 2.45) is 0 Å². The van der Waals surface area contributed by atoms with Crippen LogP contribution in [0.1, 0.15) is 29.7 Å². The zero-order valence-electron chi connectivity index (χ0n) is 10.5. The van der Waals surface area contributed by atoms with E-state index in [0.717, 1.165) is 23.1 Å². The lowest BCUT2D eigenvalue weighted by molar-refractivity contribution is -0.134. The number of carboxylic acids is 1. The molecule has 0 spiro atoms. The molecular weight excluding hydrogens is 262 g/mol. The fraction of sp³-hybridized carbons (Fsp3) is 0.462. The van der Waals surface area contributed by atoms with E-state index in [-0.39, 0.29) is 6.54 Å². The number of thiophene rings is 1. The Bertz CT molecular complexity index is 624. The topological polar surface area (TPSA) is 75.1 Å². The zero-order chi connectivity index (χ0) is 13.2. The number of aliphatic carboxylic acids is 1. The summed E-state index contributed by atoms with van der Waals surface area (Å²) in [6, 6.07) is 0. The molecule has 0 bridgehead atoms. The SMILES string of the molecule is O=C(O)CNc1ncnc2sc3c(c12)CCCCC3. The average molecular weight is 277 g/mol. The third kappa shape index (κ3) is 2.40. The van der Waals surface area contributed by atoms with Gasteiger partial charge in [-0.05, 0) is 31.2 Å². The minimum atomic E-state index is -0.881. The molecule has 1 aliphatic carbocycles. The molecule has 0 saturated carbocycles. The fourth-order valence-electron chi connectivity index (χ4n) is 2.56. The summed E-state index contributed by atoms with van der Waals surface area (Å²) in [6.45, 7) is -0.114. The van der Waals surface area contributed by atoms with E-state index in [4.69, 9.17) is 5.11 Å². The van der Waals surface area contributed by atoms with E-state index < -0.39 is 5.97 Å². The highest BCUT2D eigenvalue weighted by atomic mass is 32.1. The van der Waals surface area contributed by atoms with Crippen molar-refractivity contribution in [3.63, 3.8) is 0 Å². The zero-order valence-corrected chi connectivity index (χ0v) is 11.3. The van der Waals surface area contributed by atoms with Crippen LogP contribution in [-0.4, -0.2) is 27.6 Å². The van der Waals surface area contributed by atoms with E-state index in [1.54, 1.807) is 11.3 Å². The van der Waals surface area contributed by atoms with Gasteiger partial charge in [-0.25, -0.2) is 9.97 Å². The quantitative estimate of drug-likeness (QED) is 0.843. The number of nitrogens with zero attached hydrogens (tertiary/aromatic N) is 2. The first-order chi connectivity index (χ1) is 9.25. The van der Waals surface area contributed by atoms with E-state index in [0.29, 0.717) is 5.82 Å². The largest absolute Gasteiger partial charge is 0.480 e. The van der Waals surface area contributed by atoms with Gasteiger partial charge in [0.1, 0.15) is 23.5 Å². The van der Waals surface area contributed by atoms with Crippen LogP contribution in [0.5, 0.6) is 0 Å². The Morgan fingerprint density at radius 2 is 2.16 bits per heavy atom. The van der Waals surface area contributed by atoms with Gasteiger partial charge in [0.05, 0.1) is 5.39 Å². The van der Waals surface area contributed by atoms with Gasteiger partial charge in [-0.1, -0.05) is 6.42 Å². The number of carboxylic acid groups (broad SMARTS) is 1. The van der Waals surface area contributed by atoms with Crippen molar-refractivity contribution >= 4 is 33.3 Å². The first kappa shape index (κ1) is 12.3. The van der Waals surface area contributed by atoms with Gasteiger partial charge in [0.2, 0.25) is 0 Å². The molecular formula is C13H15N3O2S. The van der Waals surface area contributed by atoms with Crippen LogP contribution in [0.25, 0.3) is 10.2 Å². The molecule has 2 aromatic rings. The van der Waals surface area contributed by atoms with Crippen molar-refractivity contribution in [1.29, 1.82) is 0 Å². The second kappa shape index (κ2) is 5.13. The highest BCUT2D eigenvalue weighted by molar-refractivity contribution is 7.18. The van der Waals surface area contributed by atoms with E-state index in [1.165, 1.54) is 36.0 Å². The van der Waals surface area contributed by atoms with Crippen molar-refractivity contribution < 1.29 is 9.90 Å². The number of aromatic nitrogens is 2. The Balaban J connectivity index is 2.06. The molecule has 0 aliphatic heterocycles. The van der Waals surface area contributed by atoms with Crippen LogP contribution in [-0.2, 0) is 17.6 Å². The molecule has 1 aliphatic rings. The maximum atomic E-state index is 10.7. The van der Waals surface area contributed by atoms with Gasteiger partial charge in [0.15, 0.2) is 0 Å². The van der Waals surface area contributed by atoms with Gasteiger partial charge in [-0.2, -0.15) is 0 Å². The summed E-state index contributed by atoms with van der Waals surface area (Å²) in [5.74, 6) is -0.222. The molecule has 0 radical (unpaired) electrons. The van der Waals surface area contributed by atoms with Gasteiger partial charge in [0, 0.05) is 4.88 Å². The highest BCUT2D eigenvalue weighted by Gasteiger charge is 2.18. The minimum absolute atomic E-state index is 0.114. The van der Waals surface area contributed by atoms with E-state index in [2.05, 4.69) is 15.3 Å². The number of fused-ring (bicyclic) bond motifs is 3. The van der Waals surface area contributed by atoms with Crippen molar-refractivity contribution in [3.05, 3.63) is 16.8 Å². The Morgan fingerprint density at radius 1 is 1.32 bits per heavy atom. The summed E-state index contributed by atoms with van der Waals surface area (Å²) in [7, 11) is 0. The molecule has 2 aromatic heterocycles. The molecule has 2 N–H and O–H groups in total. The van der Waals surface area contributed by atoms with Gasteiger partial charge in [-0.3, -0.25) is 4.79 Å². The molecule has 0 saturated heterocycles. The van der Waals surface area contributed by atoms with Crippen LogP contribution < -0.4 is 5.32 Å².